The minimum atomic E-state index is 0.531. The highest BCUT2D eigenvalue weighted by Gasteiger charge is 2.20. The summed E-state index contributed by atoms with van der Waals surface area (Å²) in [6.07, 6.45) is 0. The van der Waals surface area contributed by atoms with E-state index in [1.807, 2.05) is 78.9 Å². The van der Waals surface area contributed by atoms with Crippen LogP contribution in [0.3, 0.4) is 0 Å². The van der Waals surface area contributed by atoms with E-state index < -0.39 is 0 Å². The van der Waals surface area contributed by atoms with Gasteiger partial charge in [0, 0.05) is 33.5 Å². The van der Waals surface area contributed by atoms with Crippen LogP contribution in [-0.4, -0.2) is 19.9 Å². The fourth-order valence-electron chi connectivity index (χ4n) is 7.38. The zero-order chi connectivity index (χ0) is 35.6. The maximum Gasteiger partial charge on any atom is 0.227 e. The molecule has 0 aliphatic heterocycles. The Kier molecular flexibility index (Phi) is 6.75. The first-order chi connectivity index (χ1) is 26.7. The molecule has 6 heteroatoms. The minimum Gasteiger partial charge on any atom is -0.455 e. The molecule has 0 atom stereocenters. The van der Waals surface area contributed by atoms with Crippen molar-refractivity contribution < 1.29 is 8.83 Å². The molecular formula is C48H28N4O2. The molecule has 0 unspecified atom stereocenters. The third kappa shape index (κ3) is 5.12. The smallest absolute Gasteiger partial charge is 0.227 e. The number of aromatic nitrogens is 4. The fourth-order valence-corrected chi connectivity index (χ4v) is 7.38. The summed E-state index contributed by atoms with van der Waals surface area (Å²) in [6.45, 7) is 0. The molecule has 11 rings (SSSR count). The van der Waals surface area contributed by atoms with Crippen molar-refractivity contribution in [1.29, 1.82) is 0 Å². The van der Waals surface area contributed by atoms with Gasteiger partial charge in [-0.25, -0.2) is 19.9 Å². The summed E-state index contributed by atoms with van der Waals surface area (Å²) in [7, 11) is 0. The summed E-state index contributed by atoms with van der Waals surface area (Å²) in [5.74, 6) is 2.28. The summed E-state index contributed by atoms with van der Waals surface area (Å²) < 4.78 is 13.0. The summed E-state index contributed by atoms with van der Waals surface area (Å²) >= 11 is 0. The first-order valence-electron chi connectivity index (χ1n) is 17.9. The lowest BCUT2D eigenvalue weighted by Crippen LogP contribution is -2.00. The number of benzene rings is 8. The topological polar surface area (TPSA) is 77.8 Å². The Morgan fingerprint density at radius 2 is 0.944 bits per heavy atom. The number of oxazole rings is 1. The van der Waals surface area contributed by atoms with Crippen molar-refractivity contribution in [3.05, 3.63) is 170 Å². The van der Waals surface area contributed by atoms with Gasteiger partial charge in [-0.15, -0.1) is 0 Å². The van der Waals surface area contributed by atoms with E-state index in [2.05, 4.69) is 91.0 Å². The monoisotopic (exact) mass is 692 g/mol. The van der Waals surface area contributed by atoms with Crippen LogP contribution in [0.2, 0.25) is 0 Å². The van der Waals surface area contributed by atoms with Gasteiger partial charge in [-0.05, 0) is 69.1 Å². The van der Waals surface area contributed by atoms with E-state index in [1.165, 1.54) is 16.5 Å². The number of hydrogen-bond donors (Lipinski definition) is 0. The average molecular weight is 693 g/mol. The highest BCUT2D eigenvalue weighted by atomic mass is 16.4. The number of para-hydroxylation sites is 1. The molecule has 0 spiro atoms. The summed E-state index contributed by atoms with van der Waals surface area (Å²) in [6, 6.07) is 57.9. The van der Waals surface area contributed by atoms with Crippen LogP contribution < -0.4 is 0 Å². The Morgan fingerprint density at radius 1 is 0.333 bits per heavy atom. The predicted octanol–water partition coefficient (Wildman–Crippen LogP) is 12.6. The average Bonchev–Trinajstić information content (AvgIpc) is 3.83. The molecule has 3 heterocycles. The zero-order valence-electron chi connectivity index (χ0n) is 28.8. The van der Waals surface area contributed by atoms with Crippen molar-refractivity contribution in [1.82, 2.24) is 19.9 Å². The van der Waals surface area contributed by atoms with Crippen LogP contribution >= 0.6 is 0 Å². The second-order valence-electron chi connectivity index (χ2n) is 13.5. The largest absolute Gasteiger partial charge is 0.455 e. The second-order valence-corrected chi connectivity index (χ2v) is 13.5. The maximum atomic E-state index is 6.63. The molecule has 11 aromatic rings. The van der Waals surface area contributed by atoms with Crippen molar-refractivity contribution in [3.8, 4) is 56.7 Å². The van der Waals surface area contributed by atoms with Gasteiger partial charge < -0.3 is 8.83 Å². The lowest BCUT2D eigenvalue weighted by molar-refractivity contribution is 0.620. The molecule has 252 valence electrons. The number of fused-ring (bicyclic) bond motifs is 6. The van der Waals surface area contributed by atoms with Gasteiger partial charge in [0.2, 0.25) is 5.89 Å². The fraction of sp³-hybridized carbons (Fsp3) is 0. The molecule has 0 fully saturated rings. The summed E-state index contributed by atoms with van der Waals surface area (Å²) in [5, 5.41) is 6.44. The van der Waals surface area contributed by atoms with Crippen LogP contribution in [0.25, 0.3) is 111 Å². The van der Waals surface area contributed by atoms with Crippen molar-refractivity contribution in [2.45, 2.75) is 0 Å². The van der Waals surface area contributed by atoms with Crippen LogP contribution in [-0.2, 0) is 0 Å². The Morgan fingerprint density at radius 3 is 1.76 bits per heavy atom. The Labute approximate surface area is 309 Å². The van der Waals surface area contributed by atoms with Crippen LogP contribution in [0.1, 0.15) is 0 Å². The second kappa shape index (κ2) is 12.1. The molecule has 0 bridgehead atoms. The van der Waals surface area contributed by atoms with E-state index >= 15 is 0 Å². The molecule has 8 aromatic carbocycles. The van der Waals surface area contributed by atoms with Crippen molar-refractivity contribution >= 4 is 54.6 Å². The summed E-state index contributed by atoms with van der Waals surface area (Å²) in [4.78, 5) is 20.0. The van der Waals surface area contributed by atoms with Gasteiger partial charge >= 0.3 is 0 Å². The molecule has 0 aliphatic carbocycles. The third-order valence-electron chi connectivity index (χ3n) is 10.1. The molecule has 0 N–H and O–H groups in total. The lowest BCUT2D eigenvalue weighted by atomic mass is 10.00. The van der Waals surface area contributed by atoms with Crippen LogP contribution in [0, 0.1) is 0 Å². The van der Waals surface area contributed by atoms with Gasteiger partial charge in [0.05, 0.1) is 5.56 Å². The highest BCUT2D eigenvalue weighted by molar-refractivity contribution is 6.12. The van der Waals surface area contributed by atoms with Gasteiger partial charge in [0.1, 0.15) is 16.7 Å². The number of rotatable bonds is 5. The molecule has 0 saturated carbocycles. The zero-order valence-corrected chi connectivity index (χ0v) is 28.8. The minimum absolute atomic E-state index is 0.531. The van der Waals surface area contributed by atoms with Crippen LogP contribution in [0.4, 0.5) is 0 Å². The van der Waals surface area contributed by atoms with Crippen molar-refractivity contribution in [2.75, 3.05) is 0 Å². The molecule has 3 aromatic heterocycles. The van der Waals surface area contributed by atoms with E-state index in [1.54, 1.807) is 0 Å². The van der Waals surface area contributed by atoms with E-state index in [4.69, 9.17) is 28.8 Å². The quantitative estimate of drug-likeness (QED) is 0.179. The number of nitrogens with zero attached hydrogens (tertiary/aromatic N) is 4. The summed E-state index contributed by atoms with van der Waals surface area (Å²) in [5.41, 5.74) is 8.71. The Hall–Kier alpha value is -7.44. The lowest BCUT2D eigenvalue weighted by Gasteiger charge is -2.10. The molecule has 54 heavy (non-hydrogen) atoms. The molecular weight excluding hydrogens is 665 g/mol. The van der Waals surface area contributed by atoms with E-state index in [0.717, 1.165) is 54.7 Å². The van der Waals surface area contributed by atoms with Crippen LogP contribution in [0.5, 0.6) is 0 Å². The predicted molar refractivity (Wildman–Crippen MR) is 217 cm³/mol. The Balaban J connectivity index is 1.03. The third-order valence-corrected chi connectivity index (χ3v) is 10.1. The first kappa shape index (κ1) is 30.2. The van der Waals surface area contributed by atoms with E-state index in [0.29, 0.717) is 40.1 Å². The highest BCUT2D eigenvalue weighted by Crippen LogP contribution is 2.39. The van der Waals surface area contributed by atoms with E-state index in [-0.39, 0.29) is 0 Å². The SMILES string of the molecule is c1ccc(-c2ccc3cc(-c4nc(-c5ccccc5)nc(-c5cccc6c5oc5cc7nc(-c8ccc9ccccc9c8)oc7cc56)n4)ccc3c2)cc1. The molecule has 0 amide bonds. The van der Waals surface area contributed by atoms with Gasteiger partial charge in [0.25, 0.3) is 0 Å². The maximum absolute atomic E-state index is 6.63. The van der Waals surface area contributed by atoms with Crippen LogP contribution in [0.15, 0.2) is 179 Å². The van der Waals surface area contributed by atoms with Gasteiger partial charge in [-0.2, -0.15) is 0 Å². The van der Waals surface area contributed by atoms with Gasteiger partial charge in [-0.1, -0.05) is 127 Å². The molecule has 0 radical (unpaired) electrons. The molecule has 6 nitrogen and oxygen atoms in total. The number of hydrogen-bond acceptors (Lipinski definition) is 6. The normalized spacial score (nSPS) is 11.7. The van der Waals surface area contributed by atoms with Crippen molar-refractivity contribution in [2.24, 2.45) is 0 Å². The first-order valence-corrected chi connectivity index (χ1v) is 17.9. The van der Waals surface area contributed by atoms with Gasteiger partial charge in [-0.3, -0.25) is 0 Å². The standard InChI is InChI=1S/C48H28N4O2/c1-3-10-29(11-4-1)33-19-20-35-25-36(22-21-34(35)24-33)46-50-45(31-13-5-2-6-14-31)51-47(52-46)39-17-9-16-38-40-27-43-41(28-42(40)53-44(38)39)49-48(54-43)37-23-18-30-12-7-8-15-32(30)26-37/h1-28H. The molecule has 0 saturated heterocycles. The number of furan rings is 1. The van der Waals surface area contributed by atoms with Crippen molar-refractivity contribution in [3.63, 3.8) is 0 Å². The molecule has 0 aliphatic rings. The van der Waals surface area contributed by atoms with Gasteiger partial charge in [0.15, 0.2) is 23.1 Å². The Bertz CT molecular complexity index is 3220. The van der Waals surface area contributed by atoms with E-state index in [9.17, 15) is 0 Å².